The molecule has 0 aliphatic rings. The zero-order chi connectivity index (χ0) is 32.4. The molecule has 0 saturated carbocycles. The summed E-state index contributed by atoms with van der Waals surface area (Å²) in [5, 5.41) is 15.3. The minimum atomic E-state index is 0. The van der Waals surface area contributed by atoms with Gasteiger partial charge in [-0.3, -0.25) is 4.68 Å². The molecule has 0 fully saturated rings. The van der Waals surface area contributed by atoms with Crippen LogP contribution in [0.15, 0.2) is 72.8 Å². The number of aryl methyl sites for hydroxylation is 4. The van der Waals surface area contributed by atoms with E-state index in [2.05, 4.69) is 77.8 Å². The van der Waals surface area contributed by atoms with Crippen molar-refractivity contribution in [3.63, 3.8) is 0 Å². The molecule has 4 aromatic heterocycles. The Bertz CT molecular complexity index is 2130. The predicted octanol–water partition coefficient (Wildman–Crippen LogP) is 7.91. The van der Waals surface area contributed by atoms with Gasteiger partial charge in [-0.1, -0.05) is 43.5 Å². The van der Waals surface area contributed by atoms with Crippen molar-refractivity contribution >= 4 is 27.5 Å². The van der Waals surface area contributed by atoms with Gasteiger partial charge in [0, 0.05) is 44.0 Å². The second-order valence-electron chi connectivity index (χ2n) is 11.4. The number of ether oxygens (including phenoxy) is 2. The number of hydrogen-bond donors (Lipinski definition) is 0. The summed E-state index contributed by atoms with van der Waals surface area (Å²) in [6, 6.07) is 30.7. The molecule has 1 unspecified atom stereocenters. The van der Waals surface area contributed by atoms with E-state index < -0.39 is 0 Å². The third-order valence-electron chi connectivity index (χ3n) is 8.31. The number of nitrogens with zero attached hydrogens (tertiary/aromatic N) is 6. The van der Waals surface area contributed by atoms with E-state index in [1.54, 1.807) is 7.11 Å². The van der Waals surface area contributed by atoms with E-state index in [9.17, 15) is 0 Å². The summed E-state index contributed by atoms with van der Waals surface area (Å²) in [6.45, 7) is 12.8. The maximum Gasteiger partial charge on any atom is 0.125 e. The fourth-order valence-electron chi connectivity index (χ4n) is 5.89. The molecular formula is C38H38IrN6O2-2. The first-order valence-electron chi connectivity index (χ1n) is 15.5. The number of methoxy groups -OCH3 is 1. The number of benzene rings is 3. The molecule has 0 amide bonds. The van der Waals surface area contributed by atoms with Gasteiger partial charge in [0.25, 0.3) is 0 Å². The summed E-state index contributed by atoms with van der Waals surface area (Å²) in [6.07, 6.45) is 1.06. The number of hydrogen-bond acceptors (Lipinski definition) is 6. The van der Waals surface area contributed by atoms with Crippen molar-refractivity contribution in [3.05, 3.63) is 113 Å². The SMILES string of the molecule is CCC(COc1ccc(-c2c(C)nn(-c3[c-]cccc3)c2C)cc1)OC.Cc1c[c-]c2c(n1)c1c(C)cccc1n1c(C)nnc21.[Ir]. The van der Waals surface area contributed by atoms with Crippen LogP contribution < -0.4 is 4.74 Å². The molecule has 0 N–H and O–H groups in total. The normalized spacial score (nSPS) is 11.7. The molecule has 4 heterocycles. The van der Waals surface area contributed by atoms with Gasteiger partial charge in [0.2, 0.25) is 0 Å². The molecule has 1 atom stereocenters. The van der Waals surface area contributed by atoms with Crippen LogP contribution in [0.1, 0.15) is 41.8 Å². The average Bonchev–Trinajstić information content (AvgIpc) is 3.61. The van der Waals surface area contributed by atoms with Crippen LogP contribution in [0.25, 0.3) is 44.3 Å². The maximum atomic E-state index is 5.82. The van der Waals surface area contributed by atoms with E-state index in [4.69, 9.17) is 19.6 Å². The van der Waals surface area contributed by atoms with Gasteiger partial charge >= 0.3 is 0 Å². The Morgan fingerprint density at radius 1 is 0.894 bits per heavy atom. The van der Waals surface area contributed by atoms with Crippen LogP contribution in [0.3, 0.4) is 0 Å². The number of rotatable bonds is 7. The smallest absolute Gasteiger partial charge is 0.125 e. The second-order valence-corrected chi connectivity index (χ2v) is 11.4. The van der Waals surface area contributed by atoms with Crippen molar-refractivity contribution in [2.45, 2.75) is 54.1 Å². The van der Waals surface area contributed by atoms with Crippen LogP contribution in [0, 0.1) is 46.8 Å². The summed E-state index contributed by atoms with van der Waals surface area (Å²) in [5.74, 6) is 1.73. The van der Waals surface area contributed by atoms with Gasteiger partial charge in [0.05, 0.1) is 17.4 Å². The third-order valence-corrected chi connectivity index (χ3v) is 8.31. The molecule has 0 spiro atoms. The molecular weight excluding hydrogens is 765 g/mol. The van der Waals surface area contributed by atoms with Gasteiger partial charge in [-0.2, -0.15) is 34.5 Å². The Morgan fingerprint density at radius 3 is 2.38 bits per heavy atom. The van der Waals surface area contributed by atoms with E-state index >= 15 is 0 Å². The summed E-state index contributed by atoms with van der Waals surface area (Å²) in [5.41, 5.74) is 10.4. The minimum absolute atomic E-state index is 0. The average molecular weight is 803 g/mol. The van der Waals surface area contributed by atoms with Crippen LogP contribution in [0.2, 0.25) is 0 Å². The first kappa shape index (κ1) is 33.9. The van der Waals surface area contributed by atoms with Crippen molar-refractivity contribution in [1.82, 2.24) is 29.4 Å². The van der Waals surface area contributed by atoms with Gasteiger partial charge in [-0.05, 0) is 85.7 Å². The summed E-state index contributed by atoms with van der Waals surface area (Å²) < 4.78 is 15.2. The third kappa shape index (κ3) is 6.70. The van der Waals surface area contributed by atoms with Crippen molar-refractivity contribution < 1.29 is 29.6 Å². The molecule has 47 heavy (non-hydrogen) atoms. The van der Waals surface area contributed by atoms with Gasteiger partial charge in [0.1, 0.15) is 18.2 Å². The first-order chi connectivity index (χ1) is 22.3. The molecule has 1 radical (unpaired) electrons. The predicted molar refractivity (Wildman–Crippen MR) is 183 cm³/mol. The van der Waals surface area contributed by atoms with E-state index in [-0.39, 0.29) is 26.2 Å². The monoisotopic (exact) mass is 803 g/mol. The molecule has 3 aromatic carbocycles. The summed E-state index contributed by atoms with van der Waals surface area (Å²) in [4.78, 5) is 4.71. The summed E-state index contributed by atoms with van der Waals surface area (Å²) >= 11 is 0. The van der Waals surface area contributed by atoms with Crippen LogP contribution in [0.4, 0.5) is 0 Å². The van der Waals surface area contributed by atoms with Crippen molar-refractivity contribution in [3.8, 4) is 22.6 Å². The summed E-state index contributed by atoms with van der Waals surface area (Å²) in [7, 11) is 1.72. The van der Waals surface area contributed by atoms with Gasteiger partial charge in [-0.15, -0.1) is 23.3 Å². The Labute approximate surface area is 289 Å². The fraction of sp³-hybridized carbons (Fsp3) is 0.263. The van der Waals surface area contributed by atoms with Gasteiger partial charge in [-0.25, -0.2) is 0 Å². The van der Waals surface area contributed by atoms with E-state index in [1.807, 2.05) is 67.9 Å². The minimum Gasteiger partial charge on any atom is -0.491 e. The van der Waals surface area contributed by atoms with Crippen LogP contribution >= 0.6 is 0 Å². The van der Waals surface area contributed by atoms with E-state index in [1.165, 1.54) is 5.56 Å². The van der Waals surface area contributed by atoms with Crippen LogP contribution in [-0.2, 0) is 24.8 Å². The van der Waals surface area contributed by atoms with Crippen molar-refractivity contribution in [2.24, 2.45) is 0 Å². The second kappa shape index (κ2) is 14.6. The van der Waals surface area contributed by atoms with Gasteiger partial charge < -0.3 is 18.9 Å². The number of aromatic nitrogens is 6. The molecule has 8 nitrogen and oxygen atoms in total. The molecule has 0 saturated heterocycles. The first-order valence-corrected chi connectivity index (χ1v) is 15.5. The van der Waals surface area contributed by atoms with Gasteiger partial charge in [0.15, 0.2) is 0 Å². The largest absolute Gasteiger partial charge is 0.491 e. The number of pyridine rings is 2. The number of fused-ring (bicyclic) bond motifs is 6. The topological polar surface area (TPSA) is 79.4 Å². The molecule has 0 bridgehead atoms. The Morgan fingerprint density at radius 2 is 1.68 bits per heavy atom. The molecule has 7 rings (SSSR count). The Kier molecular flexibility index (Phi) is 10.5. The van der Waals surface area contributed by atoms with Crippen LogP contribution in [0.5, 0.6) is 5.75 Å². The van der Waals surface area contributed by atoms with Crippen LogP contribution in [-0.4, -0.2) is 49.2 Å². The van der Waals surface area contributed by atoms with E-state index in [0.29, 0.717) is 6.61 Å². The van der Waals surface area contributed by atoms with Crippen molar-refractivity contribution in [1.29, 1.82) is 0 Å². The standard InChI is InChI=1S/C22H25N2O2.C16H13N4.Ir/c1-5-20(25-4)15-26-21-13-11-18(12-14-21)22-16(2)23-24(17(22)3)19-9-7-6-8-10-19;1-9-5-4-6-13-14(9)15-12(8-7-10(2)17-15)16-19-18-11(3)20(13)16;/h6-9,11-14,20H,5,15H2,1-4H3;4-7H,1-3H3;/q2*-1;. The van der Waals surface area contributed by atoms with Crippen molar-refractivity contribution in [2.75, 3.05) is 13.7 Å². The Hall–Kier alpha value is -4.43. The quantitative estimate of drug-likeness (QED) is 0.121. The molecule has 243 valence electrons. The molecule has 0 aliphatic carbocycles. The molecule has 9 heteroatoms. The number of para-hydroxylation sites is 1. The molecule has 0 aliphatic heterocycles. The molecule has 7 aromatic rings. The maximum absolute atomic E-state index is 5.82. The Balaban J connectivity index is 0.000000186. The van der Waals surface area contributed by atoms with E-state index in [0.717, 1.165) is 79.3 Å². The fourth-order valence-corrected chi connectivity index (χ4v) is 5.89. The zero-order valence-corrected chi connectivity index (χ0v) is 30.1. The zero-order valence-electron chi connectivity index (χ0n) is 27.8.